The smallest absolute Gasteiger partial charge is 0.230 e. The van der Waals surface area contributed by atoms with E-state index in [0.717, 1.165) is 6.42 Å². The SMILES string of the molecule is CCC(C)(C)CC(=O)NS. The van der Waals surface area contributed by atoms with Crippen LogP contribution in [0.5, 0.6) is 0 Å². The summed E-state index contributed by atoms with van der Waals surface area (Å²) in [4.78, 5) is 10.8. The van der Waals surface area contributed by atoms with Gasteiger partial charge in [0.25, 0.3) is 0 Å². The molecule has 0 heterocycles. The number of nitrogens with one attached hydrogen (secondary N) is 1. The van der Waals surface area contributed by atoms with Gasteiger partial charge in [0, 0.05) is 6.42 Å². The Morgan fingerprint density at radius 3 is 2.40 bits per heavy atom. The van der Waals surface area contributed by atoms with Crippen molar-refractivity contribution in [1.29, 1.82) is 0 Å². The second kappa shape index (κ2) is 3.86. The predicted molar refractivity (Wildman–Crippen MR) is 45.8 cm³/mol. The Bertz CT molecular complexity index is 123. The van der Waals surface area contributed by atoms with Crippen molar-refractivity contribution < 1.29 is 4.79 Å². The van der Waals surface area contributed by atoms with Crippen LogP contribution in [0.3, 0.4) is 0 Å². The molecule has 10 heavy (non-hydrogen) atoms. The Labute approximate surface area is 67.9 Å². The van der Waals surface area contributed by atoms with E-state index in [9.17, 15) is 4.79 Å². The summed E-state index contributed by atoms with van der Waals surface area (Å²) in [7, 11) is 0. The topological polar surface area (TPSA) is 29.1 Å². The average Bonchev–Trinajstić information content (AvgIpc) is 1.87. The molecule has 0 aromatic heterocycles. The first kappa shape index (κ1) is 9.82. The van der Waals surface area contributed by atoms with Crippen molar-refractivity contribution in [2.24, 2.45) is 5.41 Å². The molecule has 0 aromatic carbocycles. The van der Waals surface area contributed by atoms with Crippen LogP contribution in [0.2, 0.25) is 0 Å². The Morgan fingerprint density at radius 1 is 1.60 bits per heavy atom. The van der Waals surface area contributed by atoms with Crippen LogP contribution in [-0.2, 0) is 4.79 Å². The minimum Gasteiger partial charge on any atom is -0.303 e. The third-order valence-electron chi connectivity index (χ3n) is 1.72. The van der Waals surface area contributed by atoms with Gasteiger partial charge in [-0.3, -0.25) is 4.79 Å². The quantitative estimate of drug-likeness (QED) is 0.607. The summed E-state index contributed by atoms with van der Waals surface area (Å²) in [5.74, 6) is -0.00446. The first-order valence-corrected chi connectivity index (χ1v) is 3.89. The summed E-state index contributed by atoms with van der Waals surface area (Å²) in [6.07, 6.45) is 1.56. The first-order valence-electron chi connectivity index (χ1n) is 3.45. The maximum atomic E-state index is 10.8. The summed E-state index contributed by atoms with van der Waals surface area (Å²) in [5, 5.41) is 0. The standard InChI is InChI=1S/C7H15NOS/c1-4-7(2,3)5-6(9)8-10/h10H,4-5H2,1-3H3,(H,8,9). The Balaban J connectivity index is 3.76. The monoisotopic (exact) mass is 161 g/mol. The van der Waals surface area contributed by atoms with Crippen LogP contribution < -0.4 is 4.72 Å². The van der Waals surface area contributed by atoms with Crippen LogP contribution in [-0.4, -0.2) is 5.91 Å². The lowest BCUT2D eigenvalue weighted by atomic mass is 9.86. The van der Waals surface area contributed by atoms with Gasteiger partial charge in [0.2, 0.25) is 5.91 Å². The molecular weight excluding hydrogens is 146 g/mol. The van der Waals surface area contributed by atoms with Crippen LogP contribution in [0.4, 0.5) is 0 Å². The molecule has 2 nitrogen and oxygen atoms in total. The van der Waals surface area contributed by atoms with Gasteiger partial charge in [0.1, 0.15) is 0 Å². The minimum absolute atomic E-state index is 0.00446. The van der Waals surface area contributed by atoms with Gasteiger partial charge in [-0.05, 0) is 5.41 Å². The normalized spacial score (nSPS) is 11.2. The summed E-state index contributed by atoms with van der Waals surface area (Å²) in [5.41, 5.74) is 0.104. The molecule has 0 aliphatic rings. The van der Waals surface area contributed by atoms with Gasteiger partial charge < -0.3 is 4.72 Å². The van der Waals surface area contributed by atoms with Gasteiger partial charge in [0.15, 0.2) is 0 Å². The molecule has 0 aliphatic heterocycles. The van der Waals surface area contributed by atoms with Gasteiger partial charge in [-0.25, -0.2) is 0 Å². The van der Waals surface area contributed by atoms with Gasteiger partial charge >= 0.3 is 0 Å². The number of hydrogen-bond donors (Lipinski definition) is 2. The van der Waals surface area contributed by atoms with Crippen molar-refractivity contribution in [2.75, 3.05) is 0 Å². The van der Waals surface area contributed by atoms with E-state index in [2.05, 4.69) is 38.3 Å². The fraction of sp³-hybridized carbons (Fsp3) is 0.857. The van der Waals surface area contributed by atoms with Crippen LogP contribution in [0, 0.1) is 5.41 Å². The second-order valence-electron chi connectivity index (χ2n) is 3.23. The van der Waals surface area contributed by atoms with Crippen LogP contribution >= 0.6 is 12.8 Å². The Hall–Kier alpha value is -0.180. The fourth-order valence-electron chi connectivity index (χ4n) is 0.599. The molecule has 0 radical (unpaired) electrons. The lowest BCUT2D eigenvalue weighted by Crippen LogP contribution is -2.22. The highest BCUT2D eigenvalue weighted by Gasteiger charge is 2.18. The van der Waals surface area contributed by atoms with Gasteiger partial charge in [-0.1, -0.05) is 40.0 Å². The van der Waals surface area contributed by atoms with Crippen molar-refractivity contribution in [1.82, 2.24) is 4.72 Å². The van der Waals surface area contributed by atoms with Crippen molar-refractivity contribution in [2.45, 2.75) is 33.6 Å². The minimum atomic E-state index is -0.00446. The Morgan fingerprint density at radius 2 is 2.10 bits per heavy atom. The van der Waals surface area contributed by atoms with Crippen molar-refractivity contribution in [3.05, 3.63) is 0 Å². The zero-order chi connectivity index (χ0) is 8.20. The summed E-state index contributed by atoms with van der Waals surface area (Å²) in [6, 6.07) is 0. The highest BCUT2D eigenvalue weighted by molar-refractivity contribution is 7.78. The molecule has 0 rings (SSSR count). The molecular formula is C7H15NOS. The van der Waals surface area contributed by atoms with Crippen molar-refractivity contribution in [3.8, 4) is 0 Å². The van der Waals surface area contributed by atoms with E-state index in [1.54, 1.807) is 0 Å². The highest BCUT2D eigenvalue weighted by atomic mass is 32.1. The maximum Gasteiger partial charge on any atom is 0.230 e. The predicted octanol–water partition coefficient (Wildman–Crippen LogP) is 1.77. The number of rotatable bonds is 3. The number of amides is 1. The van der Waals surface area contributed by atoms with E-state index in [1.165, 1.54) is 0 Å². The molecule has 0 saturated heterocycles. The first-order chi connectivity index (χ1) is 4.52. The van der Waals surface area contributed by atoms with Crippen molar-refractivity contribution in [3.63, 3.8) is 0 Å². The second-order valence-corrected chi connectivity index (χ2v) is 3.45. The molecule has 60 valence electrons. The van der Waals surface area contributed by atoms with Gasteiger partial charge in [0.05, 0.1) is 0 Å². The molecule has 0 fully saturated rings. The summed E-state index contributed by atoms with van der Waals surface area (Å²) >= 11 is 3.67. The molecule has 1 amide bonds. The van der Waals surface area contributed by atoms with Crippen LogP contribution in [0.15, 0.2) is 0 Å². The van der Waals surface area contributed by atoms with E-state index in [-0.39, 0.29) is 11.3 Å². The molecule has 0 spiro atoms. The lowest BCUT2D eigenvalue weighted by molar-refractivity contribution is -0.121. The zero-order valence-electron chi connectivity index (χ0n) is 6.77. The largest absolute Gasteiger partial charge is 0.303 e. The van der Waals surface area contributed by atoms with Gasteiger partial charge in [-0.15, -0.1) is 0 Å². The maximum absolute atomic E-state index is 10.8. The Kier molecular flexibility index (Phi) is 3.79. The highest BCUT2D eigenvalue weighted by Crippen LogP contribution is 2.23. The van der Waals surface area contributed by atoms with Crippen LogP contribution in [0.25, 0.3) is 0 Å². The molecule has 0 bridgehead atoms. The average molecular weight is 161 g/mol. The van der Waals surface area contributed by atoms with Crippen LogP contribution in [0.1, 0.15) is 33.6 Å². The molecule has 3 heteroatoms. The van der Waals surface area contributed by atoms with E-state index in [0.29, 0.717) is 6.42 Å². The lowest BCUT2D eigenvalue weighted by Gasteiger charge is -2.20. The molecule has 0 atom stereocenters. The molecule has 0 aromatic rings. The third kappa shape index (κ3) is 3.77. The molecule has 0 aliphatic carbocycles. The van der Waals surface area contributed by atoms with Crippen molar-refractivity contribution >= 4 is 18.7 Å². The summed E-state index contributed by atoms with van der Waals surface area (Å²) in [6.45, 7) is 6.21. The number of carbonyl (C=O) groups excluding carboxylic acids is 1. The zero-order valence-corrected chi connectivity index (χ0v) is 7.66. The number of thiol groups is 1. The fourth-order valence-corrected chi connectivity index (χ4v) is 0.678. The van der Waals surface area contributed by atoms with E-state index in [1.807, 2.05) is 0 Å². The number of hydrogen-bond acceptors (Lipinski definition) is 2. The molecule has 0 unspecified atom stereocenters. The van der Waals surface area contributed by atoms with E-state index >= 15 is 0 Å². The summed E-state index contributed by atoms with van der Waals surface area (Å²) < 4.78 is 2.31. The van der Waals surface area contributed by atoms with E-state index in [4.69, 9.17) is 0 Å². The third-order valence-corrected chi connectivity index (χ3v) is 1.97. The molecule has 0 saturated carbocycles. The van der Waals surface area contributed by atoms with Gasteiger partial charge in [-0.2, -0.15) is 0 Å². The van der Waals surface area contributed by atoms with E-state index < -0.39 is 0 Å². The number of carbonyl (C=O) groups is 1. The molecule has 1 N–H and O–H groups in total.